The summed E-state index contributed by atoms with van der Waals surface area (Å²) in [5, 5.41) is 33.2. The number of amides is 1. The molecule has 0 heterocycles. The number of allylic oxidation sites excluding steroid dienone is 3. The van der Waals surface area contributed by atoms with Gasteiger partial charge in [0.2, 0.25) is 5.91 Å². The Kier molecular flexibility index (Phi) is 46.5. The molecule has 5 heteroatoms. The van der Waals surface area contributed by atoms with Crippen LogP contribution in [0.1, 0.15) is 277 Å². The van der Waals surface area contributed by atoms with E-state index in [4.69, 9.17) is 0 Å². The average molecular weight is 804 g/mol. The molecule has 0 bridgehead atoms. The molecule has 0 saturated carbocycles. The van der Waals surface area contributed by atoms with E-state index >= 15 is 0 Å². The number of rotatable bonds is 47. The van der Waals surface area contributed by atoms with Crippen molar-refractivity contribution in [1.29, 1.82) is 0 Å². The molecule has 0 aromatic carbocycles. The van der Waals surface area contributed by atoms with Gasteiger partial charge in [0.15, 0.2) is 0 Å². The molecule has 0 aromatic heterocycles. The summed E-state index contributed by atoms with van der Waals surface area (Å²) in [6.07, 6.45) is 59.6. The third-order valence-electron chi connectivity index (χ3n) is 12.0. The van der Waals surface area contributed by atoms with Gasteiger partial charge in [-0.3, -0.25) is 4.79 Å². The van der Waals surface area contributed by atoms with Crippen molar-refractivity contribution in [1.82, 2.24) is 5.32 Å². The molecule has 338 valence electrons. The molecule has 0 saturated heterocycles. The summed E-state index contributed by atoms with van der Waals surface area (Å²) in [4.78, 5) is 12.5. The minimum atomic E-state index is -1.10. The van der Waals surface area contributed by atoms with Crippen molar-refractivity contribution in [2.45, 2.75) is 295 Å². The first-order valence-corrected chi connectivity index (χ1v) is 25.7. The Morgan fingerprint density at radius 2 is 0.719 bits per heavy atom. The molecule has 0 fully saturated rings. The van der Waals surface area contributed by atoms with Crippen LogP contribution in [0.5, 0.6) is 0 Å². The summed E-state index contributed by atoms with van der Waals surface area (Å²) in [6, 6.07) is -0.811. The molecule has 0 rings (SSSR count). The molecule has 0 aliphatic heterocycles. The molecule has 57 heavy (non-hydrogen) atoms. The van der Waals surface area contributed by atoms with Gasteiger partial charge in [0.05, 0.1) is 18.8 Å². The predicted octanol–water partition coefficient (Wildman–Crippen LogP) is 15.3. The van der Waals surface area contributed by atoms with Crippen LogP contribution in [0.25, 0.3) is 0 Å². The summed E-state index contributed by atoms with van der Waals surface area (Å²) in [7, 11) is 0. The Bertz CT molecular complexity index is 844. The highest BCUT2D eigenvalue weighted by Gasteiger charge is 2.22. The predicted molar refractivity (Wildman–Crippen MR) is 250 cm³/mol. The van der Waals surface area contributed by atoms with Crippen LogP contribution in [-0.4, -0.2) is 46.1 Å². The Labute approximate surface area is 356 Å². The number of nitrogens with one attached hydrogen (secondary N) is 1. The highest BCUT2D eigenvalue weighted by atomic mass is 16.3. The van der Waals surface area contributed by atoms with Crippen LogP contribution < -0.4 is 5.32 Å². The van der Waals surface area contributed by atoms with E-state index < -0.39 is 24.2 Å². The van der Waals surface area contributed by atoms with E-state index in [2.05, 4.69) is 31.3 Å². The molecule has 3 atom stereocenters. The Balaban J connectivity index is 3.57. The van der Waals surface area contributed by atoms with E-state index in [1.54, 1.807) is 6.08 Å². The van der Waals surface area contributed by atoms with Gasteiger partial charge in [-0.05, 0) is 32.1 Å². The number of carbonyl (C=O) groups is 1. The first-order chi connectivity index (χ1) is 28.1. The number of hydrogen-bond donors (Lipinski definition) is 4. The second-order valence-electron chi connectivity index (χ2n) is 17.7. The molecule has 0 radical (unpaired) electrons. The first kappa shape index (κ1) is 55.8. The van der Waals surface area contributed by atoms with Crippen LogP contribution in [0.2, 0.25) is 0 Å². The van der Waals surface area contributed by atoms with E-state index in [-0.39, 0.29) is 6.61 Å². The van der Waals surface area contributed by atoms with E-state index in [1.165, 1.54) is 218 Å². The van der Waals surface area contributed by atoms with E-state index in [0.717, 1.165) is 38.5 Å². The second-order valence-corrected chi connectivity index (χ2v) is 17.7. The minimum absolute atomic E-state index is 0.373. The summed E-state index contributed by atoms with van der Waals surface area (Å²) in [5.41, 5.74) is 0. The quantitative estimate of drug-likeness (QED) is 0.0364. The Hall–Kier alpha value is -1.17. The van der Waals surface area contributed by atoms with Crippen molar-refractivity contribution >= 4 is 5.91 Å². The van der Waals surface area contributed by atoms with Gasteiger partial charge in [-0.25, -0.2) is 0 Å². The third-order valence-corrected chi connectivity index (χ3v) is 12.0. The summed E-state index contributed by atoms with van der Waals surface area (Å²) >= 11 is 0. The fourth-order valence-corrected chi connectivity index (χ4v) is 8.03. The SMILES string of the molecule is CCCCCCCCCCCC/C=C/CC/C=C/C(O)C(CO)NC(=O)C(O)CCCCCCCCCCCCCCCCCCCCCCCCCCCCC. The van der Waals surface area contributed by atoms with Gasteiger partial charge in [0.1, 0.15) is 6.10 Å². The maximum absolute atomic E-state index is 12.5. The lowest BCUT2D eigenvalue weighted by Crippen LogP contribution is -2.48. The normalized spacial score (nSPS) is 13.6. The van der Waals surface area contributed by atoms with E-state index in [9.17, 15) is 20.1 Å². The lowest BCUT2D eigenvalue weighted by atomic mass is 10.0. The van der Waals surface area contributed by atoms with Gasteiger partial charge < -0.3 is 20.6 Å². The summed E-state index contributed by atoms with van der Waals surface area (Å²) in [5.74, 6) is -0.508. The van der Waals surface area contributed by atoms with Crippen LogP contribution in [0, 0.1) is 0 Å². The molecule has 0 aliphatic rings. The number of unbranched alkanes of at least 4 members (excludes halogenated alkanes) is 37. The average Bonchev–Trinajstić information content (AvgIpc) is 3.22. The standard InChI is InChI=1S/C52H101NO4/c1-3-5-7-9-11-13-15-17-19-21-22-23-24-25-26-27-28-29-30-31-33-35-37-39-41-43-45-47-51(56)52(57)53-49(48-54)50(55)46-44-42-40-38-36-34-32-20-18-16-14-12-10-8-6-4-2/h36,38,44,46,49-51,54-56H,3-35,37,39-43,45,47-48H2,1-2H3,(H,53,57)/b38-36+,46-44+. The topological polar surface area (TPSA) is 89.8 Å². The van der Waals surface area contributed by atoms with Crippen molar-refractivity contribution in [3.63, 3.8) is 0 Å². The molecule has 0 spiro atoms. The molecular weight excluding hydrogens is 703 g/mol. The maximum atomic E-state index is 12.5. The van der Waals surface area contributed by atoms with Gasteiger partial charge in [0.25, 0.3) is 0 Å². The zero-order chi connectivity index (χ0) is 41.5. The number of aliphatic hydroxyl groups is 3. The first-order valence-electron chi connectivity index (χ1n) is 25.7. The molecule has 1 amide bonds. The van der Waals surface area contributed by atoms with E-state index in [1.807, 2.05) is 6.08 Å². The van der Waals surface area contributed by atoms with Crippen LogP contribution >= 0.6 is 0 Å². The molecule has 4 N–H and O–H groups in total. The van der Waals surface area contributed by atoms with Gasteiger partial charge >= 0.3 is 0 Å². The zero-order valence-electron chi connectivity index (χ0n) is 38.5. The Morgan fingerprint density at radius 3 is 1.07 bits per heavy atom. The molecule has 3 unspecified atom stereocenters. The smallest absolute Gasteiger partial charge is 0.249 e. The summed E-state index contributed by atoms with van der Waals surface area (Å²) < 4.78 is 0. The summed E-state index contributed by atoms with van der Waals surface area (Å²) in [6.45, 7) is 4.19. The van der Waals surface area contributed by atoms with Crippen molar-refractivity contribution in [2.75, 3.05) is 6.61 Å². The van der Waals surface area contributed by atoms with Gasteiger partial charge in [-0.15, -0.1) is 0 Å². The van der Waals surface area contributed by atoms with Crippen LogP contribution in [-0.2, 0) is 4.79 Å². The minimum Gasteiger partial charge on any atom is -0.394 e. The third kappa shape index (κ3) is 42.8. The van der Waals surface area contributed by atoms with Crippen molar-refractivity contribution in [3.8, 4) is 0 Å². The monoisotopic (exact) mass is 804 g/mol. The van der Waals surface area contributed by atoms with Crippen LogP contribution in [0.4, 0.5) is 0 Å². The number of aliphatic hydroxyl groups excluding tert-OH is 3. The van der Waals surface area contributed by atoms with Crippen molar-refractivity contribution in [2.24, 2.45) is 0 Å². The lowest BCUT2D eigenvalue weighted by Gasteiger charge is -2.21. The second kappa shape index (κ2) is 47.5. The van der Waals surface area contributed by atoms with E-state index in [0.29, 0.717) is 6.42 Å². The van der Waals surface area contributed by atoms with Gasteiger partial charge in [-0.1, -0.05) is 269 Å². The largest absolute Gasteiger partial charge is 0.394 e. The van der Waals surface area contributed by atoms with Crippen molar-refractivity contribution in [3.05, 3.63) is 24.3 Å². The molecule has 5 nitrogen and oxygen atoms in total. The molecule has 0 aromatic rings. The maximum Gasteiger partial charge on any atom is 0.249 e. The van der Waals surface area contributed by atoms with Crippen molar-refractivity contribution < 1.29 is 20.1 Å². The van der Waals surface area contributed by atoms with Gasteiger partial charge in [-0.2, -0.15) is 0 Å². The van der Waals surface area contributed by atoms with Gasteiger partial charge in [0, 0.05) is 0 Å². The highest BCUT2D eigenvalue weighted by Crippen LogP contribution is 2.17. The fourth-order valence-electron chi connectivity index (χ4n) is 8.03. The highest BCUT2D eigenvalue weighted by molar-refractivity contribution is 5.80. The Morgan fingerprint density at radius 1 is 0.421 bits per heavy atom. The van der Waals surface area contributed by atoms with Crippen LogP contribution in [0.3, 0.4) is 0 Å². The molecule has 0 aliphatic carbocycles. The lowest BCUT2D eigenvalue weighted by molar-refractivity contribution is -0.131. The van der Waals surface area contributed by atoms with Crippen LogP contribution in [0.15, 0.2) is 24.3 Å². The molecular formula is C52H101NO4. The number of hydrogen-bond acceptors (Lipinski definition) is 4. The number of carbonyl (C=O) groups excluding carboxylic acids is 1. The fraction of sp³-hybridized carbons (Fsp3) is 0.904. The zero-order valence-corrected chi connectivity index (χ0v) is 38.5.